The maximum absolute atomic E-state index is 12.7. The third-order valence-electron chi connectivity index (χ3n) is 5.53. The average Bonchev–Trinajstić information content (AvgIpc) is 2.82. The summed E-state index contributed by atoms with van der Waals surface area (Å²) < 4.78 is 21.3. The normalized spacial score (nSPS) is 23.9. The molecule has 192 valence electrons. The molecular formula is C23H22O13. The second-order valence-electron chi connectivity index (χ2n) is 8.06. The Morgan fingerprint density at radius 3 is 2.33 bits per heavy atom. The predicted octanol–water partition coefficient (Wildman–Crippen LogP) is 0.0319. The molecule has 13 nitrogen and oxygen atoms in total. The van der Waals surface area contributed by atoms with Gasteiger partial charge in [-0.05, 0) is 18.2 Å². The third-order valence-corrected chi connectivity index (χ3v) is 5.53. The standard InChI is InChI=1S/C23H22O13/c1-8(24)33-7-15-17(28)19(30)21(32)23(36-15)34-10-5-13(27)16-14(6-10)35-22(20(31)18(16)29)9-2-3-11(25)12(26)4-9/h2-6,15,17,19,21,23,25-28,30-32H,7H2,1H3/t15-,17-,19+,21-,23-/m1/s1. The van der Waals surface area contributed by atoms with Crippen LogP contribution in [0.4, 0.5) is 0 Å². The number of hydrogen-bond acceptors (Lipinski definition) is 13. The Bertz CT molecular complexity index is 1360. The quantitative estimate of drug-likeness (QED) is 0.180. The number of aliphatic hydroxyl groups excluding tert-OH is 3. The highest BCUT2D eigenvalue weighted by Crippen LogP contribution is 2.38. The largest absolute Gasteiger partial charge is 0.507 e. The van der Waals surface area contributed by atoms with E-state index in [0.29, 0.717) is 0 Å². The molecule has 1 aliphatic rings. The van der Waals surface area contributed by atoms with Crippen LogP contribution in [0.1, 0.15) is 6.92 Å². The zero-order chi connectivity index (χ0) is 26.3. The van der Waals surface area contributed by atoms with Crippen molar-refractivity contribution >= 4 is 16.9 Å². The Hall–Kier alpha value is -4.04. The Kier molecular flexibility index (Phi) is 6.65. The highest BCUT2D eigenvalue weighted by atomic mass is 16.7. The molecule has 2 aromatic carbocycles. The van der Waals surface area contributed by atoms with Gasteiger partial charge in [0.2, 0.25) is 17.5 Å². The summed E-state index contributed by atoms with van der Waals surface area (Å²) in [6.07, 6.45) is -7.95. The molecule has 0 radical (unpaired) electrons. The molecule has 0 bridgehead atoms. The van der Waals surface area contributed by atoms with Gasteiger partial charge in [0.1, 0.15) is 53.5 Å². The lowest BCUT2D eigenvalue weighted by atomic mass is 9.99. The molecule has 1 aliphatic heterocycles. The molecule has 0 spiro atoms. The van der Waals surface area contributed by atoms with Crippen LogP contribution in [0.15, 0.2) is 39.5 Å². The van der Waals surface area contributed by atoms with Gasteiger partial charge in [-0.3, -0.25) is 9.59 Å². The van der Waals surface area contributed by atoms with E-state index in [-0.39, 0.29) is 22.7 Å². The van der Waals surface area contributed by atoms with Crippen molar-refractivity contribution in [1.29, 1.82) is 0 Å². The van der Waals surface area contributed by atoms with E-state index >= 15 is 0 Å². The monoisotopic (exact) mass is 506 g/mol. The minimum Gasteiger partial charge on any atom is -0.507 e. The summed E-state index contributed by atoms with van der Waals surface area (Å²) >= 11 is 0. The number of carbonyl (C=O) groups excluding carboxylic acids is 1. The molecule has 0 amide bonds. The first-order valence-corrected chi connectivity index (χ1v) is 10.5. The van der Waals surface area contributed by atoms with E-state index in [0.717, 1.165) is 31.2 Å². The highest BCUT2D eigenvalue weighted by Gasteiger charge is 2.45. The minimum atomic E-state index is -1.76. The number of carbonyl (C=O) groups is 1. The lowest BCUT2D eigenvalue weighted by molar-refractivity contribution is -0.278. The Labute approximate surface area is 201 Å². The molecule has 13 heteroatoms. The number of esters is 1. The molecule has 0 aliphatic carbocycles. The van der Waals surface area contributed by atoms with E-state index in [9.17, 15) is 45.3 Å². The molecular weight excluding hydrogens is 484 g/mol. The summed E-state index contributed by atoms with van der Waals surface area (Å²) in [5, 5.41) is 70.1. The number of fused-ring (bicyclic) bond motifs is 1. The molecule has 36 heavy (non-hydrogen) atoms. The Balaban J connectivity index is 1.70. The summed E-state index contributed by atoms with van der Waals surface area (Å²) in [4.78, 5) is 23.8. The first kappa shape index (κ1) is 25.1. The predicted molar refractivity (Wildman–Crippen MR) is 119 cm³/mol. The first-order chi connectivity index (χ1) is 17.0. The van der Waals surface area contributed by atoms with Gasteiger partial charge in [0, 0.05) is 24.6 Å². The van der Waals surface area contributed by atoms with Gasteiger partial charge in [-0.25, -0.2) is 0 Å². The molecule has 3 aromatic rings. The van der Waals surface area contributed by atoms with Gasteiger partial charge < -0.3 is 54.4 Å². The fraction of sp³-hybridized carbons (Fsp3) is 0.304. The van der Waals surface area contributed by atoms with Crippen LogP contribution in [-0.4, -0.2) is 79.0 Å². The molecule has 4 rings (SSSR count). The van der Waals surface area contributed by atoms with Crippen molar-refractivity contribution < 1.29 is 59.2 Å². The lowest BCUT2D eigenvalue weighted by Crippen LogP contribution is -2.60. The number of hydrogen-bond donors (Lipinski definition) is 7. The summed E-state index contributed by atoms with van der Waals surface area (Å²) in [6.45, 7) is 0.686. The van der Waals surface area contributed by atoms with Crippen LogP contribution in [0, 0.1) is 0 Å². The van der Waals surface area contributed by atoms with E-state index in [1.54, 1.807) is 0 Å². The maximum atomic E-state index is 12.7. The number of phenolic OH excluding ortho intramolecular Hbond substituents is 3. The van der Waals surface area contributed by atoms with Crippen molar-refractivity contribution in [3.05, 3.63) is 40.6 Å². The number of rotatable bonds is 5. The van der Waals surface area contributed by atoms with Crippen molar-refractivity contribution in [2.45, 2.75) is 37.6 Å². The first-order valence-electron chi connectivity index (χ1n) is 10.5. The van der Waals surface area contributed by atoms with Crippen molar-refractivity contribution in [2.24, 2.45) is 0 Å². The molecule has 7 N–H and O–H groups in total. The zero-order valence-corrected chi connectivity index (χ0v) is 18.6. The average molecular weight is 506 g/mol. The second-order valence-corrected chi connectivity index (χ2v) is 8.06. The molecule has 1 saturated heterocycles. The van der Waals surface area contributed by atoms with Gasteiger partial charge in [0.25, 0.3) is 0 Å². The van der Waals surface area contributed by atoms with E-state index in [2.05, 4.69) is 0 Å². The van der Waals surface area contributed by atoms with Crippen LogP contribution in [0.25, 0.3) is 22.3 Å². The van der Waals surface area contributed by atoms with Crippen LogP contribution in [0.5, 0.6) is 28.7 Å². The van der Waals surface area contributed by atoms with Crippen molar-refractivity contribution in [2.75, 3.05) is 6.61 Å². The number of benzene rings is 2. The minimum absolute atomic E-state index is 0.0315. The van der Waals surface area contributed by atoms with Gasteiger partial charge >= 0.3 is 5.97 Å². The maximum Gasteiger partial charge on any atom is 0.302 e. The van der Waals surface area contributed by atoms with Crippen LogP contribution in [0.2, 0.25) is 0 Å². The van der Waals surface area contributed by atoms with Gasteiger partial charge in [-0.2, -0.15) is 0 Å². The number of ether oxygens (including phenoxy) is 3. The molecule has 1 fully saturated rings. The topological polar surface area (TPSA) is 217 Å². The fourth-order valence-electron chi connectivity index (χ4n) is 3.68. The van der Waals surface area contributed by atoms with Crippen molar-refractivity contribution in [1.82, 2.24) is 0 Å². The van der Waals surface area contributed by atoms with Gasteiger partial charge in [-0.1, -0.05) is 0 Å². The van der Waals surface area contributed by atoms with Crippen molar-refractivity contribution in [3.8, 4) is 40.1 Å². The van der Waals surface area contributed by atoms with E-state index < -0.39 is 77.1 Å². The Morgan fingerprint density at radius 1 is 0.944 bits per heavy atom. The molecule has 0 saturated carbocycles. The summed E-state index contributed by atoms with van der Waals surface area (Å²) in [7, 11) is 0. The van der Waals surface area contributed by atoms with Crippen LogP contribution in [-0.2, 0) is 14.3 Å². The number of aromatic hydroxyl groups is 4. The summed E-state index contributed by atoms with van der Waals surface area (Å²) in [5.74, 6) is -3.76. The SMILES string of the molecule is CC(=O)OC[C@H]1O[C@@H](Oc2cc(O)c3c(=O)c(O)c(-c4ccc(O)c(O)c4)oc3c2)[C@H](O)[C@@H](O)[C@@H]1O. The molecule has 2 heterocycles. The molecule has 1 aromatic heterocycles. The van der Waals surface area contributed by atoms with Gasteiger partial charge in [0.05, 0.1) is 0 Å². The molecule has 0 unspecified atom stereocenters. The second kappa shape index (κ2) is 9.54. The number of phenols is 3. The van der Waals surface area contributed by atoms with Gasteiger partial charge in [0.15, 0.2) is 17.3 Å². The molecule has 5 atom stereocenters. The van der Waals surface area contributed by atoms with Crippen LogP contribution in [0.3, 0.4) is 0 Å². The summed E-state index contributed by atoms with van der Waals surface area (Å²) in [6, 6.07) is 5.52. The van der Waals surface area contributed by atoms with Crippen molar-refractivity contribution in [3.63, 3.8) is 0 Å². The lowest BCUT2D eigenvalue weighted by Gasteiger charge is -2.39. The number of aliphatic hydroxyl groups is 3. The van der Waals surface area contributed by atoms with Gasteiger partial charge in [-0.15, -0.1) is 0 Å². The van der Waals surface area contributed by atoms with E-state index in [1.165, 1.54) is 6.07 Å². The summed E-state index contributed by atoms with van der Waals surface area (Å²) in [5.41, 5.74) is -1.24. The van der Waals surface area contributed by atoms with Crippen LogP contribution < -0.4 is 10.2 Å². The fourth-order valence-corrected chi connectivity index (χ4v) is 3.68. The zero-order valence-electron chi connectivity index (χ0n) is 18.6. The van der Waals surface area contributed by atoms with E-state index in [4.69, 9.17) is 18.6 Å². The highest BCUT2D eigenvalue weighted by molar-refractivity contribution is 5.88. The smallest absolute Gasteiger partial charge is 0.302 e. The van der Waals surface area contributed by atoms with E-state index in [1.807, 2.05) is 0 Å². The van der Waals surface area contributed by atoms with Crippen LogP contribution >= 0.6 is 0 Å². The Morgan fingerprint density at radius 2 is 1.67 bits per heavy atom. The third kappa shape index (κ3) is 4.59.